The highest BCUT2D eigenvalue weighted by molar-refractivity contribution is 5.87. The second-order valence-electron chi connectivity index (χ2n) is 4.82. The second kappa shape index (κ2) is 8.92. The zero-order valence-corrected chi connectivity index (χ0v) is 11.7. The Balaban J connectivity index is 2.49. The number of nitrogens with zero attached hydrogens (tertiary/aromatic N) is 1. The van der Waals surface area contributed by atoms with Crippen LogP contribution in [0.1, 0.15) is 39.5 Å². The maximum Gasteiger partial charge on any atom is 0.246 e. The first-order valence-corrected chi connectivity index (χ1v) is 7.09. The molecule has 0 aromatic carbocycles. The molecule has 1 unspecified atom stereocenters. The zero-order valence-electron chi connectivity index (χ0n) is 11.7. The van der Waals surface area contributed by atoms with Crippen molar-refractivity contribution >= 4 is 5.91 Å². The lowest BCUT2D eigenvalue weighted by molar-refractivity contribution is -0.126. The van der Waals surface area contributed by atoms with E-state index in [-0.39, 0.29) is 5.91 Å². The molecule has 1 aliphatic rings. The largest absolute Gasteiger partial charge is 0.338 e. The van der Waals surface area contributed by atoms with E-state index in [2.05, 4.69) is 12.2 Å². The molecule has 3 heteroatoms. The molecule has 18 heavy (non-hydrogen) atoms. The summed E-state index contributed by atoms with van der Waals surface area (Å²) >= 11 is 0. The van der Waals surface area contributed by atoms with Crippen LogP contribution in [-0.2, 0) is 4.79 Å². The highest BCUT2D eigenvalue weighted by atomic mass is 16.2. The third-order valence-corrected chi connectivity index (χ3v) is 3.24. The van der Waals surface area contributed by atoms with Crippen LogP contribution in [0, 0.1) is 0 Å². The molecule has 1 amide bonds. The van der Waals surface area contributed by atoms with E-state index in [0.717, 1.165) is 32.5 Å². The van der Waals surface area contributed by atoms with E-state index >= 15 is 0 Å². The monoisotopic (exact) mass is 250 g/mol. The van der Waals surface area contributed by atoms with Crippen molar-refractivity contribution in [3.8, 4) is 0 Å². The molecule has 102 valence electrons. The summed E-state index contributed by atoms with van der Waals surface area (Å²) < 4.78 is 0. The fraction of sp³-hybridized carbons (Fsp3) is 0.667. The Morgan fingerprint density at radius 2 is 2.28 bits per heavy atom. The standard InChI is InChI=1S/C15H26N2O/c1-3-5-7-10-15(18)17(12-6-4-2)13-14-9-8-11-16-14/h3,5,7,10,14,16H,4,6,8-9,11-13H2,1-2H3/b5-3?,10-7+. The third kappa shape index (κ3) is 5.50. The molecule has 0 saturated carbocycles. The van der Waals surface area contributed by atoms with Gasteiger partial charge in [-0.15, -0.1) is 0 Å². The van der Waals surface area contributed by atoms with Gasteiger partial charge >= 0.3 is 0 Å². The van der Waals surface area contributed by atoms with Crippen molar-refractivity contribution in [2.75, 3.05) is 19.6 Å². The summed E-state index contributed by atoms with van der Waals surface area (Å²) in [6, 6.07) is 0.487. The molecule has 1 atom stereocenters. The Morgan fingerprint density at radius 1 is 1.44 bits per heavy atom. The summed E-state index contributed by atoms with van der Waals surface area (Å²) in [7, 11) is 0. The number of hydrogen-bond donors (Lipinski definition) is 1. The molecule has 0 bridgehead atoms. The van der Waals surface area contributed by atoms with Crippen molar-refractivity contribution in [1.29, 1.82) is 0 Å². The number of hydrogen-bond acceptors (Lipinski definition) is 2. The van der Waals surface area contributed by atoms with Gasteiger partial charge in [0.05, 0.1) is 0 Å². The van der Waals surface area contributed by atoms with E-state index < -0.39 is 0 Å². The van der Waals surface area contributed by atoms with Crippen molar-refractivity contribution in [2.45, 2.75) is 45.6 Å². The van der Waals surface area contributed by atoms with E-state index in [1.54, 1.807) is 6.08 Å². The van der Waals surface area contributed by atoms with Crippen LogP contribution in [0.15, 0.2) is 24.3 Å². The summed E-state index contributed by atoms with van der Waals surface area (Å²) in [5.74, 6) is 0.134. The van der Waals surface area contributed by atoms with E-state index in [0.29, 0.717) is 6.04 Å². The SMILES string of the molecule is CC=C/C=C/C(=O)N(CCCC)CC1CCCN1. The number of carbonyl (C=O) groups excluding carboxylic acids is 1. The number of amides is 1. The minimum absolute atomic E-state index is 0.134. The highest BCUT2D eigenvalue weighted by Gasteiger charge is 2.19. The predicted octanol–water partition coefficient (Wildman–Crippen LogP) is 2.50. The van der Waals surface area contributed by atoms with Crippen molar-refractivity contribution in [3.63, 3.8) is 0 Å². The summed E-state index contributed by atoms with van der Waals surface area (Å²) in [5, 5.41) is 3.45. The molecule has 1 saturated heterocycles. The first-order valence-electron chi connectivity index (χ1n) is 7.09. The van der Waals surface area contributed by atoms with Gasteiger partial charge in [-0.3, -0.25) is 4.79 Å². The molecule has 1 N–H and O–H groups in total. The lowest BCUT2D eigenvalue weighted by Gasteiger charge is -2.24. The Labute approximate surface area is 111 Å². The van der Waals surface area contributed by atoms with Gasteiger partial charge in [0, 0.05) is 25.2 Å². The molecule has 1 aliphatic heterocycles. The van der Waals surface area contributed by atoms with Crippen LogP contribution < -0.4 is 5.32 Å². The summed E-state index contributed by atoms with van der Waals surface area (Å²) in [5.41, 5.74) is 0. The Morgan fingerprint density at radius 3 is 2.89 bits per heavy atom. The molecule has 3 nitrogen and oxygen atoms in total. The smallest absolute Gasteiger partial charge is 0.246 e. The molecule has 1 heterocycles. The van der Waals surface area contributed by atoms with Crippen LogP contribution in [0.2, 0.25) is 0 Å². The lowest BCUT2D eigenvalue weighted by Crippen LogP contribution is -2.40. The highest BCUT2D eigenvalue weighted by Crippen LogP contribution is 2.08. The first-order chi connectivity index (χ1) is 8.77. The molecule has 0 aromatic heterocycles. The van der Waals surface area contributed by atoms with Crippen molar-refractivity contribution < 1.29 is 4.79 Å². The Hall–Kier alpha value is -1.09. The fourth-order valence-electron chi connectivity index (χ4n) is 2.17. The van der Waals surface area contributed by atoms with Gasteiger partial charge in [0.25, 0.3) is 0 Å². The van der Waals surface area contributed by atoms with E-state index in [1.165, 1.54) is 12.8 Å². The predicted molar refractivity (Wildman–Crippen MR) is 76.5 cm³/mol. The van der Waals surface area contributed by atoms with Crippen LogP contribution in [0.4, 0.5) is 0 Å². The summed E-state index contributed by atoms with van der Waals surface area (Å²) in [6.45, 7) is 6.92. The average molecular weight is 250 g/mol. The Kier molecular flexibility index (Phi) is 7.42. The Bertz CT molecular complexity index is 291. The molecule has 0 aromatic rings. The second-order valence-corrected chi connectivity index (χ2v) is 4.82. The van der Waals surface area contributed by atoms with E-state index in [1.807, 2.05) is 30.1 Å². The minimum atomic E-state index is 0.134. The van der Waals surface area contributed by atoms with Gasteiger partial charge in [0.2, 0.25) is 5.91 Å². The van der Waals surface area contributed by atoms with Gasteiger partial charge in [0.15, 0.2) is 0 Å². The lowest BCUT2D eigenvalue weighted by atomic mass is 10.2. The average Bonchev–Trinajstić information content (AvgIpc) is 2.87. The van der Waals surface area contributed by atoms with Crippen LogP contribution in [0.5, 0.6) is 0 Å². The number of allylic oxidation sites excluding steroid dienone is 3. The number of rotatable bonds is 7. The van der Waals surface area contributed by atoms with Gasteiger partial charge in [-0.25, -0.2) is 0 Å². The van der Waals surface area contributed by atoms with Gasteiger partial charge in [-0.05, 0) is 32.7 Å². The number of nitrogens with one attached hydrogen (secondary N) is 1. The van der Waals surface area contributed by atoms with E-state index in [4.69, 9.17) is 0 Å². The third-order valence-electron chi connectivity index (χ3n) is 3.24. The summed E-state index contributed by atoms with van der Waals surface area (Å²) in [6.07, 6.45) is 11.9. The van der Waals surface area contributed by atoms with Gasteiger partial charge in [-0.1, -0.05) is 31.6 Å². The molecule has 0 aliphatic carbocycles. The topological polar surface area (TPSA) is 32.3 Å². The summed E-state index contributed by atoms with van der Waals surface area (Å²) in [4.78, 5) is 14.1. The molecule has 0 spiro atoms. The fourth-order valence-corrected chi connectivity index (χ4v) is 2.17. The van der Waals surface area contributed by atoms with Gasteiger partial charge in [0.1, 0.15) is 0 Å². The molecular formula is C15H26N2O. The molecule has 0 radical (unpaired) electrons. The maximum atomic E-state index is 12.1. The zero-order chi connectivity index (χ0) is 13.2. The first kappa shape index (κ1) is 15.0. The normalized spacial score (nSPS) is 20.0. The van der Waals surface area contributed by atoms with E-state index in [9.17, 15) is 4.79 Å². The molecular weight excluding hydrogens is 224 g/mol. The van der Waals surface area contributed by atoms with Crippen molar-refractivity contribution in [1.82, 2.24) is 10.2 Å². The molecule has 1 fully saturated rings. The van der Waals surface area contributed by atoms with Gasteiger partial charge < -0.3 is 10.2 Å². The van der Waals surface area contributed by atoms with Crippen LogP contribution in [0.3, 0.4) is 0 Å². The van der Waals surface area contributed by atoms with Crippen LogP contribution in [0.25, 0.3) is 0 Å². The quantitative estimate of drug-likeness (QED) is 0.556. The van der Waals surface area contributed by atoms with Gasteiger partial charge in [-0.2, -0.15) is 0 Å². The van der Waals surface area contributed by atoms with Crippen molar-refractivity contribution in [2.24, 2.45) is 0 Å². The number of unbranched alkanes of at least 4 members (excludes halogenated alkanes) is 1. The molecule has 1 rings (SSSR count). The van der Waals surface area contributed by atoms with Crippen LogP contribution in [-0.4, -0.2) is 36.5 Å². The van der Waals surface area contributed by atoms with Crippen LogP contribution >= 0.6 is 0 Å². The minimum Gasteiger partial charge on any atom is -0.338 e. The van der Waals surface area contributed by atoms with Crippen molar-refractivity contribution in [3.05, 3.63) is 24.3 Å². The maximum absolute atomic E-state index is 12.1. The number of carbonyl (C=O) groups is 1.